The molecule has 21 heavy (non-hydrogen) atoms. The molecule has 0 heterocycles. The summed E-state index contributed by atoms with van der Waals surface area (Å²) in [5.41, 5.74) is 0. The predicted molar refractivity (Wildman–Crippen MR) is 82.7 cm³/mol. The molecule has 1 unspecified atom stereocenters. The number of hydrogen-bond acceptors (Lipinski definition) is 7. The van der Waals surface area contributed by atoms with Gasteiger partial charge in [0.05, 0.1) is 0 Å². The highest BCUT2D eigenvalue weighted by molar-refractivity contribution is 6.85. The van der Waals surface area contributed by atoms with Gasteiger partial charge in [-0.2, -0.15) is 0 Å². The second-order valence-electron chi connectivity index (χ2n) is 4.69. The van der Waals surface area contributed by atoms with Crippen LogP contribution < -0.4 is 5.19 Å². The standard InChI is InChI=1S/C11H22O7Si3/c1-14-20(12,11-9-7-6-8-10-11)17-19(4,5)18-21(13,15-2)16-3/h6-10,12-13H,1-5H3. The molecule has 1 aromatic rings. The zero-order valence-electron chi connectivity index (χ0n) is 12.8. The first-order valence-electron chi connectivity index (χ1n) is 6.26. The van der Waals surface area contributed by atoms with Gasteiger partial charge < -0.3 is 31.1 Å². The lowest BCUT2D eigenvalue weighted by Gasteiger charge is -2.34. The van der Waals surface area contributed by atoms with Crippen molar-refractivity contribution < 1.29 is 31.1 Å². The van der Waals surface area contributed by atoms with Gasteiger partial charge in [-0.1, -0.05) is 30.3 Å². The second kappa shape index (κ2) is 7.24. The third-order valence-electron chi connectivity index (χ3n) is 2.69. The molecule has 0 bridgehead atoms. The first-order chi connectivity index (χ1) is 9.70. The zero-order chi connectivity index (χ0) is 16.1. The van der Waals surface area contributed by atoms with Crippen LogP contribution in [0.3, 0.4) is 0 Å². The Morgan fingerprint density at radius 3 is 1.76 bits per heavy atom. The summed E-state index contributed by atoms with van der Waals surface area (Å²) in [6.07, 6.45) is 0. The summed E-state index contributed by atoms with van der Waals surface area (Å²) < 4.78 is 26.2. The van der Waals surface area contributed by atoms with Crippen molar-refractivity contribution in [2.24, 2.45) is 0 Å². The molecular weight excluding hydrogens is 328 g/mol. The Balaban J connectivity index is 2.94. The van der Waals surface area contributed by atoms with Gasteiger partial charge in [-0.15, -0.1) is 0 Å². The van der Waals surface area contributed by atoms with E-state index in [0.29, 0.717) is 5.19 Å². The van der Waals surface area contributed by atoms with E-state index in [-0.39, 0.29) is 0 Å². The average Bonchev–Trinajstić information content (AvgIpc) is 2.47. The highest BCUT2D eigenvalue weighted by Crippen LogP contribution is 2.19. The van der Waals surface area contributed by atoms with Gasteiger partial charge in [-0.25, -0.2) is 0 Å². The lowest BCUT2D eigenvalue weighted by atomic mass is 10.4. The van der Waals surface area contributed by atoms with Crippen molar-refractivity contribution in [3.8, 4) is 0 Å². The third-order valence-corrected chi connectivity index (χ3v) is 11.4. The van der Waals surface area contributed by atoms with Crippen LogP contribution in [0.5, 0.6) is 0 Å². The van der Waals surface area contributed by atoms with E-state index in [0.717, 1.165) is 0 Å². The van der Waals surface area contributed by atoms with E-state index in [1.807, 2.05) is 6.07 Å². The molecule has 0 saturated carbocycles. The third kappa shape index (κ3) is 5.07. The zero-order valence-corrected chi connectivity index (χ0v) is 15.8. The van der Waals surface area contributed by atoms with Gasteiger partial charge in [0.25, 0.3) is 0 Å². The Bertz CT molecular complexity index is 441. The first-order valence-corrected chi connectivity index (χ1v) is 12.5. The topological polar surface area (TPSA) is 86.6 Å². The molecule has 1 atom stereocenters. The lowest BCUT2D eigenvalue weighted by Crippen LogP contribution is -2.63. The first kappa shape index (κ1) is 18.6. The second-order valence-corrected chi connectivity index (χ2v) is 13.1. The van der Waals surface area contributed by atoms with Crippen LogP contribution in [0.4, 0.5) is 0 Å². The normalized spacial score (nSPS) is 15.8. The molecule has 0 amide bonds. The molecule has 0 spiro atoms. The molecule has 0 radical (unpaired) electrons. The quantitative estimate of drug-likeness (QED) is 0.635. The van der Waals surface area contributed by atoms with Gasteiger partial charge in [-0.3, -0.25) is 0 Å². The summed E-state index contributed by atoms with van der Waals surface area (Å²) in [5.74, 6) is 0. The molecule has 0 aliphatic rings. The van der Waals surface area contributed by atoms with Crippen LogP contribution >= 0.6 is 0 Å². The maximum atomic E-state index is 10.7. The summed E-state index contributed by atoms with van der Waals surface area (Å²) in [6.45, 7) is 3.34. The number of hydrogen-bond donors (Lipinski definition) is 2. The Labute approximate surface area is 128 Å². The fourth-order valence-electron chi connectivity index (χ4n) is 1.70. The highest BCUT2D eigenvalue weighted by atomic mass is 28.5. The summed E-state index contributed by atoms with van der Waals surface area (Å²) in [7, 11) is -6.40. The molecule has 0 saturated heterocycles. The van der Waals surface area contributed by atoms with Crippen molar-refractivity contribution in [2.45, 2.75) is 13.1 Å². The van der Waals surface area contributed by atoms with E-state index >= 15 is 0 Å². The van der Waals surface area contributed by atoms with Gasteiger partial charge >= 0.3 is 26.4 Å². The van der Waals surface area contributed by atoms with Gasteiger partial charge in [0.2, 0.25) is 0 Å². The van der Waals surface area contributed by atoms with Crippen molar-refractivity contribution in [3.63, 3.8) is 0 Å². The van der Waals surface area contributed by atoms with E-state index in [1.54, 1.807) is 37.4 Å². The molecular formula is C11H22O7Si3. The van der Waals surface area contributed by atoms with Crippen LogP contribution in [0, 0.1) is 0 Å². The molecule has 1 rings (SSSR count). The molecule has 10 heteroatoms. The minimum Gasteiger partial charge on any atom is -0.390 e. The van der Waals surface area contributed by atoms with Gasteiger partial charge in [-0.05, 0) is 13.1 Å². The van der Waals surface area contributed by atoms with Crippen molar-refractivity contribution in [2.75, 3.05) is 21.3 Å². The van der Waals surface area contributed by atoms with Crippen LogP contribution in [0.1, 0.15) is 0 Å². The molecule has 0 fully saturated rings. The van der Waals surface area contributed by atoms with E-state index in [9.17, 15) is 9.59 Å². The van der Waals surface area contributed by atoms with Crippen molar-refractivity contribution in [3.05, 3.63) is 30.3 Å². The van der Waals surface area contributed by atoms with E-state index in [4.69, 9.17) is 21.5 Å². The van der Waals surface area contributed by atoms with Crippen molar-refractivity contribution >= 4 is 31.6 Å². The summed E-state index contributed by atoms with van der Waals surface area (Å²) in [5, 5.41) is 0.553. The van der Waals surface area contributed by atoms with Gasteiger partial charge in [0, 0.05) is 26.5 Å². The maximum absolute atomic E-state index is 10.7. The Morgan fingerprint density at radius 1 is 0.810 bits per heavy atom. The van der Waals surface area contributed by atoms with Crippen LogP contribution in [0.25, 0.3) is 0 Å². The Hall–Kier alpha value is -0.409. The van der Waals surface area contributed by atoms with Gasteiger partial charge in [0.15, 0.2) is 0 Å². The summed E-state index contributed by atoms with van der Waals surface area (Å²) >= 11 is 0. The average molecular weight is 351 g/mol. The summed E-state index contributed by atoms with van der Waals surface area (Å²) in [4.78, 5) is 20.7. The molecule has 0 aromatic heterocycles. The molecule has 1 aromatic carbocycles. The summed E-state index contributed by atoms with van der Waals surface area (Å²) in [6, 6.07) is 8.82. The Kier molecular flexibility index (Phi) is 6.42. The largest absolute Gasteiger partial charge is 0.667 e. The number of rotatable bonds is 8. The molecule has 0 aliphatic heterocycles. The predicted octanol–water partition coefficient (Wildman–Crippen LogP) is -0.0731. The fraction of sp³-hybridized carbons (Fsp3) is 0.455. The lowest BCUT2D eigenvalue weighted by molar-refractivity contribution is 0.0579. The van der Waals surface area contributed by atoms with Crippen molar-refractivity contribution in [1.82, 2.24) is 0 Å². The van der Waals surface area contributed by atoms with Crippen LogP contribution in [-0.2, 0) is 21.5 Å². The van der Waals surface area contributed by atoms with E-state index in [1.165, 1.54) is 21.3 Å². The van der Waals surface area contributed by atoms with E-state index < -0.39 is 26.4 Å². The van der Waals surface area contributed by atoms with Crippen LogP contribution in [-0.4, -0.2) is 57.3 Å². The smallest absolute Gasteiger partial charge is 0.390 e. The fourth-order valence-corrected chi connectivity index (χ4v) is 9.88. The maximum Gasteiger partial charge on any atom is 0.667 e. The molecule has 7 nitrogen and oxygen atoms in total. The van der Waals surface area contributed by atoms with Crippen LogP contribution in [0.15, 0.2) is 30.3 Å². The monoisotopic (exact) mass is 350 g/mol. The minimum absolute atomic E-state index is 0.553. The Morgan fingerprint density at radius 2 is 1.33 bits per heavy atom. The molecule has 2 N–H and O–H groups in total. The number of benzene rings is 1. The van der Waals surface area contributed by atoms with Crippen molar-refractivity contribution in [1.29, 1.82) is 0 Å². The minimum atomic E-state index is -3.75. The highest BCUT2D eigenvalue weighted by Gasteiger charge is 2.52. The van der Waals surface area contributed by atoms with Gasteiger partial charge in [0.1, 0.15) is 0 Å². The molecule has 0 aliphatic carbocycles. The molecule has 120 valence electrons. The SMILES string of the molecule is CO[Si](O)(OC)O[Si](C)(C)O[Si](O)(OC)c1ccccc1. The van der Waals surface area contributed by atoms with E-state index in [2.05, 4.69) is 0 Å². The van der Waals surface area contributed by atoms with Crippen LogP contribution in [0.2, 0.25) is 13.1 Å².